The largest absolute Gasteiger partial charge is 0.303 e. The molecule has 0 aliphatic carbocycles. The van der Waals surface area contributed by atoms with Gasteiger partial charge in [0.05, 0.1) is 0 Å². The summed E-state index contributed by atoms with van der Waals surface area (Å²) in [4.78, 5) is 12.1. The Hall–Kier alpha value is -1.72. The minimum Gasteiger partial charge on any atom is -0.303 e. The highest BCUT2D eigenvalue weighted by Crippen LogP contribution is 2.32. The van der Waals surface area contributed by atoms with E-state index in [1.54, 1.807) is 11.3 Å². The van der Waals surface area contributed by atoms with Crippen molar-refractivity contribution in [2.24, 2.45) is 0 Å². The monoisotopic (exact) mass is 312 g/mol. The van der Waals surface area contributed by atoms with Crippen molar-refractivity contribution >= 4 is 22.5 Å². The van der Waals surface area contributed by atoms with E-state index in [0.29, 0.717) is 5.92 Å². The van der Waals surface area contributed by atoms with Gasteiger partial charge in [0, 0.05) is 18.7 Å². The number of imidazole rings is 1. The Morgan fingerprint density at radius 2 is 2.27 bits per heavy atom. The van der Waals surface area contributed by atoms with Gasteiger partial charge in [0.2, 0.25) is 0 Å². The number of hydrogen-bond acceptors (Lipinski definition) is 4. The first-order valence-electron chi connectivity index (χ1n) is 7.96. The zero-order valence-electron chi connectivity index (χ0n) is 12.8. The van der Waals surface area contributed by atoms with Crippen LogP contribution in [0.15, 0.2) is 35.8 Å². The predicted octanol–water partition coefficient (Wildman–Crippen LogP) is 3.68. The molecular weight excluding hydrogens is 292 g/mol. The zero-order valence-corrected chi connectivity index (χ0v) is 13.6. The molecular formula is C17H20N4S. The normalized spacial score (nSPS) is 19.8. The Balaban J connectivity index is 1.84. The molecule has 0 amide bonds. The second-order valence-electron chi connectivity index (χ2n) is 5.84. The quantitative estimate of drug-likeness (QED) is 0.740. The lowest BCUT2D eigenvalue weighted by Crippen LogP contribution is -2.35. The van der Waals surface area contributed by atoms with Crippen LogP contribution in [0.2, 0.25) is 0 Å². The van der Waals surface area contributed by atoms with E-state index in [-0.39, 0.29) is 0 Å². The van der Waals surface area contributed by atoms with Crippen molar-refractivity contribution < 1.29 is 0 Å². The molecule has 3 aromatic rings. The molecule has 1 aliphatic heterocycles. The number of pyridine rings is 1. The third kappa shape index (κ3) is 2.34. The second-order valence-corrected chi connectivity index (χ2v) is 6.76. The van der Waals surface area contributed by atoms with Crippen molar-refractivity contribution in [3.8, 4) is 5.00 Å². The molecule has 1 atom stereocenters. The van der Waals surface area contributed by atoms with E-state index in [2.05, 4.69) is 45.0 Å². The molecule has 0 N–H and O–H groups in total. The molecule has 0 aromatic carbocycles. The van der Waals surface area contributed by atoms with Crippen LogP contribution < -0.4 is 0 Å². The van der Waals surface area contributed by atoms with Crippen LogP contribution in [-0.2, 0) is 0 Å². The maximum absolute atomic E-state index is 4.94. The summed E-state index contributed by atoms with van der Waals surface area (Å²) in [6.07, 6.45) is 4.32. The molecule has 3 aromatic heterocycles. The van der Waals surface area contributed by atoms with Crippen LogP contribution in [0, 0.1) is 0 Å². The lowest BCUT2D eigenvalue weighted by Gasteiger charge is -2.31. The summed E-state index contributed by atoms with van der Waals surface area (Å²) in [5, 5.41) is 3.33. The molecule has 4 nitrogen and oxygen atoms in total. The minimum atomic E-state index is 0.491. The minimum absolute atomic E-state index is 0.491. The fourth-order valence-corrected chi connectivity index (χ4v) is 4.11. The zero-order chi connectivity index (χ0) is 14.9. The molecule has 4 rings (SSSR count). The first-order chi connectivity index (χ1) is 10.9. The summed E-state index contributed by atoms with van der Waals surface area (Å²) in [5.41, 5.74) is 1.98. The number of aromatic nitrogens is 3. The smallest absolute Gasteiger partial charge is 0.165 e. The molecule has 4 heterocycles. The van der Waals surface area contributed by atoms with E-state index in [9.17, 15) is 0 Å². The van der Waals surface area contributed by atoms with Gasteiger partial charge in [-0.3, -0.25) is 4.57 Å². The van der Waals surface area contributed by atoms with Gasteiger partial charge in [-0.05, 0) is 55.6 Å². The number of likely N-dealkylation sites (N-methyl/N-ethyl adjacent to an activating group) is 1. The summed E-state index contributed by atoms with van der Waals surface area (Å²) < 4.78 is 2.27. The number of rotatable bonds is 3. The van der Waals surface area contributed by atoms with E-state index in [4.69, 9.17) is 4.98 Å². The van der Waals surface area contributed by atoms with Gasteiger partial charge < -0.3 is 4.90 Å². The fourth-order valence-electron chi connectivity index (χ4n) is 3.37. The van der Waals surface area contributed by atoms with Gasteiger partial charge in [-0.15, -0.1) is 11.3 Å². The Morgan fingerprint density at radius 3 is 3.09 bits per heavy atom. The fraction of sp³-hybridized carbons (Fsp3) is 0.412. The molecule has 1 saturated heterocycles. The van der Waals surface area contributed by atoms with Crippen LogP contribution in [-0.4, -0.2) is 39.1 Å². The first-order valence-corrected chi connectivity index (χ1v) is 8.84. The molecule has 0 saturated carbocycles. The molecule has 1 fully saturated rings. The van der Waals surface area contributed by atoms with E-state index in [1.807, 2.05) is 12.3 Å². The molecule has 0 bridgehead atoms. The van der Waals surface area contributed by atoms with Crippen LogP contribution in [0.4, 0.5) is 0 Å². The Labute approximate surface area is 134 Å². The molecule has 22 heavy (non-hydrogen) atoms. The van der Waals surface area contributed by atoms with Crippen molar-refractivity contribution in [2.45, 2.75) is 25.7 Å². The highest BCUT2D eigenvalue weighted by molar-refractivity contribution is 7.12. The lowest BCUT2D eigenvalue weighted by molar-refractivity contribution is 0.213. The van der Waals surface area contributed by atoms with Crippen molar-refractivity contribution in [1.29, 1.82) is 0 Å². The van der Waals surface area contributed by atoms with Crippen molar-refractivity contribution in [3.63, 3.8) is 0 Å². The Kier molecular flexibility index (Phi) is 3.68. The number of hydrogen-bond donors (Lipinski definition) is 0. The Morgan fingerprint density at radius 1 is 1.32 bits per heavy atom. The summed E-state index contributed by atoms with van der Waals surface area (Å²) >= 11 is 1.75. The van der Waals surface area contributed by atoms with Crippen LogP contribution >= 0.6 is 11.3 Å². The van der Waals surface area contributed by atoms with Crippen LogP contribution in [0.1, 0.15) is 31.5 Å². The number of likely N-dealkylation sites (tertiary alicyclic amines) is 1. The lowest BCUT2D eigenvalue weighted by atomic mass is 9.97. The van der Waals surface area contributed by atoms with Gasteiger partial charge in [-0.25, -0.2) is 9.97 Å². The maximum atomic E-state index is 4.94. The Bertz CT molecular complexity index is 762. The van der Waals surface area contributed by atoms with Gasteiger partial charge in [0.1, 0.15) is 16.3 Å². The second kappa shape index (κ2) is 5.82. The topological polar surface area (TPSA) is 34.0 Å². The third-order valence-electron chi connectivity index (χ3n) is 4.49. The van der Waals surface area contributed by atoms with Crippen molar-refractivity contribution in [3.05, 3.63) is 41.7 Å². The van der Waals surface area contributed by atoms with Crippen LogP contribution in [0.5, 0.6) is 0 Å². The van der Waals surface area contributed by atoms with Gasteiger partial charge in [-0.1, -0.05) is 6.92 Å². The van der Waals surface area contributed by atoms with E-state index >= 15 is 0 Å². The predicted molar refractivity (Wildman–Crippen MR) is 90.8 cm³/mol. The highest BCUT2D eigenvalue weighted by Gasteiger charge is 2.26. The molecule has 0 spiro atoms. The summed E-state index contributed by atoms with van der Waals surface area (Å²) in [7, 11) is 0. The molecule has 1 unspecified atom stereocenters. The summed E-state index contributed by atoms with van der Waals surface area (Å²) in [6.45, 7) is 5.68. The summed E-state index contributed by atoms with van der Waals surface area (Å²) in [5.74, 6) is 1.67. The van der Waals surface area contributed by atoms with Crippen molar-refractivity contribution in [2.75, 3.05) is 19.6 Å². The average Bonchev–Trinajstić information content (AvgIpc) is 3.21. The standard InChI is InChI=1S/C17H20N4S/c1-2-20-10-4-6-13(12-20)16-19-14-7-3-9-18-17(14)21(16)15-8-5-11-22-15/h3,5,7-9,11,13H,2,4,6,10,12H2,1H3. The van der Waals surface area contributed by atoms with Gasteiger partial charge >= 0.3 is 0 Å². The van der Waals surface area contributed by atoms with E-state index in [0.717, 1.165) is 24.3 Å². The van der Waals surface area contributed by atoms with Crippen LogP contribution in [0.3, 0.4) is 0 Å². The molecule has 1 aliphatic rings. The molecule has 5 heteroatoms. The third-order valence-corrected chi connectivity index (χ3v) is 5.34. The van der Waals surface area contributed by atoms with E-state index < -0.39 is 0 Å². The van der Waals surface area contributed by atoms with E-state index in [1.165, 1.54) is 30.2 Å². The van der Waals surface area contributed by atoms with Crippen LogP contribution in [0.25, 0.3) is 16.2 Å². The maximum Gasteiger partial charge on any atom is 0.165 e. The highest BCUT2D eigenvalue weighted by atomic mass is 32.1. The number of thiophene rings is 1. The number of piperidine rings is 1. The average molecular weight is 312 g/mol. The number of fused-ring (bicyclic) bond motifs is 1. The summed E-state index contributed by atoms with van der Waals surface area (Å²) in [6, 6.07) is 8.29. The number of nitrogens with zero attached hydrogens (tertiary/aromatic N) is 4. The molecule has 114 valence electrons. The first kappa shape index (κ1) is 13.9. The van der Waals surface area contributed by atoms with Gasteiger partial charge in [0.15, 0.2) is 5.65 Å². The van der Waals surface area contributed by atoms with Gasteiger partial charge in [-0.2, -0.15) is 0 Å². The van der Waals surface area contributed by atoms with Gasteiger partial charge in [0.25, 0.3) is 0 Å². The molecule has 0 radical (unpaired) electrons. The van der Waals surface area contributed by atoms with Crippen molar-refractivity contribution in [1.82, 2.24) is 19.4 Å². The SMILES string of the molecule is CCN1CCCC(c2nc3cccnc3n2-c2cccs2)C1.